The molecule has 20 heavy (non-hydrogen) atoms. The van der Waals surface area contributed by atoms with E-state index in [1.165, 1.54) is 11.8 Å². The molecule has 2 aromatic rings. The Balaban J connectivity index is 1.84. The molecule has 110 valence electrons. The lowest BCUT2D eigenvalue weighted by molar-refractivity contribution is -0.172. The fourth-order valence-electron chi connectivity index (χ4n) is 1.55. The number of nitrogens with one attached hydrogen (secondary N) is 1. The summed E-state index contributed by atoms with van der Waals surface area (Å²) in [6, 6.07) is 5.42. The number of alkyl halides is 3. The molecule has 0 amide bonds. The molecule has 0 unspecified atom stereocenters. The van der Waals surface area contributed by atoms with Crippen molar-refractivity contribution in [2.75, 3.05) is 26.1 Å². The van der Waals surface area contributed by atoms with Gasteiger partial charge in [0, 0.05) is 11.8 Å². The quantitative estimate of drug-likeness (QED) is 0.657. The van der Waals surface area contributed by atoms with Gasteiger partial charge in [0.1, 0.15) is 12.4 Å². The van der Waals surface area contributed by atoms with Gasteiger partial charge in [0.25, 0.3) is 0 Å². The summed E-state index contributed by atoms with van der Waals surface area (Å²) in [6.07, 6.45) is -4.28. The van der Waals surface area contributed by atoms with Crippen molar-refractivity contribution in [3.8, 4) is 5.75 Å². The van der Waals surface area contributed by atoms with Gasteiger partial charge in [-0.2, -0.15) is 13.2 Å². The van der Waals surface area contributed by atoms with E-state index in [1.54, 1.807) is 13.2 Å². The summed E-state index contributed by atoms with van der Waals surface area (Å²) < 4.78 is 45.2. The summed E-state index contributed by atoms with van der Waals surface area (Å²) in [5.41, 5.74) is 1.60. The second kappa shape index (κ2) is 6.36. The molecule has 0 aliphatic heterocycles. The minimum atomic E-state index is -4.28. The van der Waals surface area contributed by atoms with E-state index in [1.807, 2.05) is 12.1 Å². The number of nitrogens with zero attached hydrogens (tertiary/aromatic N) is 1. The highest BCUT2D eigenvalue weighted by molar-refractivity contribution is 7.99. The van der Waals surface area contributed by atoms with Gasteiger partial charge < -0.3 is 14.5 Å². The van der Waals surface area contributed by atoms with Crippen molar-refractivity contribution in [1.29, 1.82) is 0 Å². The Hall–Kier alpha value is -1.41. The lowest BCUT2D eigenvalue weighted by atomic mass is 10.3. The number of aromatic amines is 1. The van der Waals surface area contributed by atoms with Crippen molar-refractivity contribution in [2.45, 2.75) is 11.3 Å². The van der Waals surface area contributed by atoms with Gasteiger partial charge in [-0.25, -0.2) is 4.98 Å². The van der Waals surface area contributed by atoms with E-state index in [9.17, 15) is 13.2 Å². The first kappa shape index (κ1) is 15.0. The van der Waals surface area contributed by atoms with Gasteiger partial charge in [-0.05, 0) is 12.1 Å². The second-order valence-corrected chi connectivity index (χ2v) is 5.02. The van der Waals surface area contributed by atoms with Gasteiger partial charge >= 0.3 is 6.18 Å². The van der Waals surface area contributed by atoms with Crippen LogP contribution in [0.25, 0.3) is 11.0 Å². The largest absolute Gasteiger partial charge is 0.497 e. The van der Waals surface area contributed by atoms with Crippen LogP contribution < -0.4 is 4.74 Å². The lowest BCUT2D eigenvalue weighted by Gasteiger charge is -2.06. The number of fused-ring (bicyclic) bond motifs is 1. The Morgan fingerprint density at radius 2 is 2.15 bits per heavy atom. The molecule has 1 aromatic heterocycles. The monoisotopic (exact) mass is 306 g/mol. The zero-order valence-corrected chi connectivity index (χ0v) is 11.5. The van der Waals surface area contributed by atoms with E-state index in [4.69, 9.17) is 4.74 Å². The summed E-state index contributed by atoms with van der Waals surface area (Å²) >= 11 is 1.31. The molecular formula is C12H13F3N2O2S. The van der Waals surface area contributed by atoms with Crippen LogP contribution >= 0.6 is 11.8 Å². The molecule has 0 fully saturated rings. The number of hydrogen-bond donors (Lipinski definition) is 1. The number of ether oxygens (including phenoxy) is 2. The maximum absolute atomic E-state index is 11.9. The number of methoxy groups -OCH3 is 1. The molecule has 0 atom stereocenters. The van der Waals surface area contributed by atoms with E-state index >= 15 is 0 Å². The van der Waals surface area contributed by atoms with Gasteiger partial charge in [-0.1, -0.05) is 11.8 Å². The molecule has 1 N–H and O–H groups in total. The molecule has 0 radical (unpaired) electrons. The zero-order valence-electron chi connectivity index (χ0n) is 10.7. The number of halogens is 3. The van der Waals surface area contributed by atoms with Crippen molar-refractivity contribution < 1.29 is 22.6 Å². The second-order valence-electron chi connectivity index (χ2n) is 3.94. The normalized spacial score (nSPS) is 12.0. The summed E-state index contributed by atoms with van der Waals surface area (Å²) in [5, 5.41) is 0.642. The van der Waals surface area contributed by atoms with Gasteiger partial charge in [0.2, 0.25) is 0 Å². The highest BCUT2D eigenvalue weighted by atomic mass is 32.2. The van der Waals surface area contributed by atoms with E-state index in [0.717, 1.165) is 11.0 Å². The number of thioether (sulfide) groups is 1. The molecule has 0 bridgehead atoms. The van der Waals surface area contributed by atoms with Gasteiger partial charge in [0.15, 0.2) is 5.16 Å². The molecule has 0 aliphatic rings. The van der Waals surface area contributed by atoms with Crippen molar-refractivity contribution in [1.82, 2.24) is 9.97 Å². The maximum atomic E-state index is 11.9. The topological polar surface area (TPSA) is 47.1 Å². The molecule has 0 aliphatic carbocycles. The first-order valence-corrected chi connectivity index (χ1v) is 6.77. The third-order valence-corrected chi connectivity index (χ3v) is 3.24. The number of hydrogen-bond acceptors (Lipinski definition) is 4. The summed E-state index contributed by atoms with van der Waals surface area (Å²) in [5.74, 6) is 1.11. The molecule has 0 saturated carbocycles. The highest BCUT2D eigenvalue weighted by Crippen LogP contribution is 2.23. The maximum Gasteiger partial charge on any atom is 0.411 e. The Labute approximate surface area is 117 Å². The van der Waals surface area contributed by atoms with Crippen LogP contribution in [0.1, 0.15) is 0 Å². The Morgan fingerprint density at radius 1 is 1.35 bits per heavy atom. The van der Waals surface area contributed by atoms with Gasteiger partial charge in [0.05, 0.1) is 24.8 Å². The molecule has 8 heteroatoms. The van der Waals surface area contributed by atoms with Crippen LogP contribution in [0.15, 0.2) is 23.4 Å². The number of aromatic nitrogens is 2. The number of imidazole rings is 1. The minimum absolute atomic E-state index is 0.0184. The average molecular weight is 306 g/mol. The average Bonchev–Trinajstić information content (AvgIpc) is 2.78. The van der Waals surface area contributed by atoms with Gasteiger partial charge in [-0.3, -0.25) is 0 Å². The standard InChI is InChI=1S/C12H13F3N2O2S/c1-18-8-2-3-9-10(6-8)17-11(16-9)20-5-4-19-7-12(13,14)15/h2-3,6H,4-5,7H2,1H3,(H,16,17). The van der Waals surface area contributed by atoms with Crippen LogP contribution in [0.4, 0.5) is 13.2 Å². The lowest BCUT2D eigenvalue weighted by Crippen LogP contribution is -2.17. The van der Waals surface area contributed by atoms with Crippen LogP contribution in [-0.2, 0) is 4.74 Å². The highest BCUT2D eigenvalue weighted by Gasteiger charge is 2.27. The molecule has 0 spiro atoms. The Kier molecular flexibility index (Phi) is 4.77. The molecule has 1 aromatic carbocycles. The fraction of sp³-hybridized carbons (Fsp3) is 0.417. The molecule has 4 nitrogen and oxygen atoms in total. The van der Waals surface area contributed by atoms with Crippen molar-refractivity contribution in [3.05, 3.63) is 18.2 Å². The van der Waals surface area contributed by atoms with Gasteiger partial charge in [-0.15, -0.1) is 0 Å². The predicted octanol–water partition coefficient (Wildman–Crippen LogP) is 3.24. The molecule has 2 rings (SSSR count). The fourth-order valence-corrected chi connectivity index (χ4v) is 2.29. The molecular weight excluding hydrogens is 293 g/mol. The minimum Gasteiger partial charge on any atom is -0.497 e. The number of benzene rings is 1. The van der Waals surface area contributed by atoms with Crippen LogP contribution in [0, 0.1) is 0 Å². The Bertz CT molecular complexity index is 571. The zero-order chi connectivity index (χ0) is 14.6. The van der Waals surface area contributed by atoms with E-state index in [-0.39, 0.29) is 6.61 Å². The Morgan fingerprint density at radius 3 is 2.85 bits per heavy atom. The summed E-state index contributed by atoms with van der Waals surface area (Å²) in [7, 11) is 1.57. The molecule has 1 heterocycles. The van der Waals surface area contributed by atoms with Crippen molar-refractivity contribution in [2.24, 2.45) is 0 Å². The summed E-state index contributed by atoms with van der Waals surface area (Å²) in [6.45, 7) is -1.20. The SMILES string of the molecule is COc1ccc2nc(SCCOCC(F)(F)F)[nH]c2c1. The van der Waals surface area contributed by atoms with Crippen LogP contribution in [0.3, 0.4) is 0 Å². The third-order valence-electron chi connectivity index (χ3n) is 2.40. The summed E-state index contributed by atoms with van der Waals surface area (Å²) in [4.78, 5) is 7.38. The van der Waals surface area contributed by atoms with E-state index in [2.05, 4.69) is 14.7 Å². The van der Waals surface area contributed by atoms with Crippen LogP contribution in [0.2, 0.25) is 0 Å². The number of rotatable bonds is 6. The van der Waals surface area contributed by atoms with Crippen molar-refractivity contribution >= 4 is 22.8 Å². The first-order valence-electron chi connectivity index (χ1n) is 5.79. The van der Waals surface area contributed by atoms with Crippen LogP contribution in [0.5, 0.6) is 5.75 Å². The number of H-pyrrole nitrogens is 1. The van der Waals surface area contributed by atoms with Crippen molar-refractivity contribution in [3.63, 3.8) is 0 Å². The van der Waals surface area contributed by atoms with E-state index < -0.39 is 12.8 Å². The predicted molar refractivity (Wildman–Crippen MR) is 70.2 cm³/mol. The smallest absolute Gasteiger partial charge is 0.411 e. The third kappa shape index (κ3) is 4.31. The van der Waals surface area contributed by atoms with Crippen LogP contribution in [-0.4, -0.2) is 42.2 Å². The molecule has 0 saturated heterocycles. The van der Waals surface area contributed by atoms with E-state index in [0.29, 0.717) is 16.7 Å². The first-order chi connectivity index (χ1) is 9.48.